The van der Waals surface area contributed by atoms with Crippen molar-refractivity contribution in [3.8, 4) is 0 Å². The van der Waals surface area contributed by atoms with Crippen LogP contribution in [0, 0.1) is 0 Å². The maximum Gasteiger partial charge on any atom is 0.186 e. The van der Waals surface area contributed by atoms with Gasteiger partial charge in [-0.25, -0.2) is 4.98 Å². The number of thiazole rings is 1. The lowest BCUT2D eigenvalue weighted by Crippen LogP contribution is -2.53. The molecule has 0 saturated carbocycles. The van der Waals surface area contributed by atoms with Gasteiger partial charge in [-0.2, -0.15) is 0 Å². The van der Waals surface area contributed by atoms with E-state index in [2.05, 4.69) is 47.2 Å². The number of aromatic nitrogens is 1. The Balaban J connectivity index is 1.60. The summed E-state index contributed by atoms with van der Waals surface area (Å²) in [6.07, 6.45) is 1.09. The minimum Gasteiger partial charge on any atom is -0.360 e. The minimum absolute atomic E-state index is 0.440. The van der Waals surface area contributed by atoms with Crippen molar-refractivity contribution in [2.75, 3.05) is 31.1 Å². The number of anilines is 1. The van der Waals surface area contributed by atoms with Gasteiger partial charge in [0.1, 0.15) is 0 Å². The smallest absolute Gasteiger partial charge is 0.186 e. The topological polar surface area (TPSA) is 31.4 Å². The summed E-state index contributed by atoms with van der Waals surface area (Å²) in [6.45, 7) is 8.20. The largest absolute Gasteiger partial charge is 0.360 e. The molecule has 1 aromatic heterocycles. The fraction of sp³-hybridized carbons (Fsp3) is 0.500. The van der Waals surface area contributed by atoms with Crippen LogP contribution >= 0.6 is 23.6 Å². The zero-order valence-electron chi connectivity index (χ0n) is 13.1. The highest BCUT2D eigenvalue weighted by molar-refractivity contribution is 7.80. The average Bonchev–Trinajstić information content (AvgIpc) is 2.98. The van der Waals surface area contributed by atoms with Gasteiger partial charge in [0.2, 0.25) is 0 Å². The molecule has 1 aliphatic heterocycles. The standard InChI is InChI=1S/C16H22N4S2/c1-3-12(2)17-15(21)19-8-10-20(11-9-19)16-18-13-6-4-5-7-14(13)22-16/h4-7,12H,3,8-11H2,1-2H3,(H,17,21). The third-order valence-electron chi connectivity index (χ3n) is 4.10. The van der Waals surface area contributed by atoms with E-state index in [4.69, 9.17) is 17.2 Å². The Bertz CT molecular complexity index is 613. The van der Waals surface area contributed by atoms with E-state index < -0.39 is 0 Å². The summed E-state index contributed by atoms with van der Waals surface area (Å²) in [7, 11) is 0. The fourth-order valence-electron chi connectivity index (χ4n) is 2.50. The molecule has 0 aliphatic carbocycles. The van der Waals surface area contributed by atoms with Crippen molar-refractivity contribution in [1.29, 1.82) is 0 Å². The van der Waals surface area contributed by atoms with Gasteiger partial charge in [0.15, 0.2) is 10.2 Å². The highest BCUT2D eigenvalue weighted by Crippen LogP contribution is 2.29. The molecule has 3 rings (SSSR count). The third kappa shape index (κ3) is 3.33. The molecule has 1 unspecified atom stereocenters. The van der Waals surface area contributed by atoms with E-state index in [1.807, 2.05) is 6.07 Å². The molecule has 0 bridgehead atoms. The van der Waals surface area contributed by atoms with Gasteiger partial charge in [-0.3, -0.25) is 0 Å². The predicted octanol–water partition coefficient (Wildman–Crippen LogP) is 3.09. The van der Waals surface area contributed by atoms with E-state index in [-0.39, 0.29) is 0 Å². The predicted molar refractivity (Wildman–Crippen MR) is 98.9 cm³/mol. The first-order valence-corrected chi connectivity index (χ1v) is 9.06. The van der Waals surface area contributed by atoms with Gasteiger partial charge in [-0.15, -0.1) is 0 Å². The van der Waals surface area contributed by atoms with Gasteiger partial charge in [0.05, 0.1) is 10.2 Å². The Labute approximate surface area is 141 Å². The van der Waals surface area contributed by atoms with E-state index in [1.54, 1.807) is 11.3 Å². The summed E-state index contributed by atoms with van der Waals surface area (Å²) >= 11 is 7.28. The molecule has 0 spiro atoms. The summed E-state index contributed by atoms with van der Waals surface area (Å²) in [5.74, 6) is 0. The second-order valence-electron chi connectivity index (χ2n) is 5.70. The molecule has 1 fully saturated rings. The summed E-state index contributed by atoms with van der Waals surface area (Å²) in [5.41, 5.74) is 1.10. The quantitative estimate of drug-likeness (QED) is 0.872. The first-order chi connectivity index (χ1) is 10.7. The van der Waals surface area contributed by atoms with Crippen molar-refractivity contribution in [2.45, 2.75) is 26.3 Å². The molecular formula is C16H22N4S2. The van der Waals surface area contributed by atoms with Crippen LogP contribution in [0.15, 0.2) is 24.3 Å². The van der Waals surface area contributed by atoms with Crippen LogP contribution in [0.1, 0.15) is 20.3 Å². The number of rotatable bonds is 3. The monoisotopic (exact) mass is 334 g/mol. The molecule has 0 amide bonds. The first-order valence-electron chi connectivity index (χ1n) is 7.83. The van der Waals surface area contributed by atoms with Crippen molar-refractivity contribution in [3.05, 3.63) is 24.3 Å². The zero-order valence-corrected chi connectivity index (χ0v) is 14.7. The number of para-hydroxylation sites is 1. The van der Waals surface area contributed by atoms with Crippen LogP contribution in [0.3, 0.4) is 0 Å². The Morgan fingerprint density at radius 1 is 1.32 bits per heavy atom. The first kappa shape index (κ1) is 15.5. The van der Waals surface area contributed by atoms with E-state index in [1.165, 1.54) is 4.70 Å². The van der Waals surface area contributed by atoms with Gasteiger partial charge in [0.25, 0.3) is 0 Å². The molecule has 22 heavy (non-hydrogen) atoms. The van der Waals surface area contributed by atoms with E-state index in [0.717, 1.165) is 48.4 Å². The van der Waals surface area contributed by atoms with Gasteiger partial charge in [-0.05, 0) is 37.7 Å². The normalized spacial score (nSPS) is 16.8. The van der Waals surface area contributed by atoms with Crippen LogP contribution in [0.5, 0.6) is 0 Å². The molecule has 0 radical (unpaired) electrons. The van der Waals surface area contributed by atoms with Crippen LogP contribution in [-0.2, 0) is 0 Å². The highest BCUT2D eigenvalue weighted by Gasteiger charge is 2.21. The van der Waals surface area contributed by atoms with E-state index in [9.17, 15) is 0 Å². The summed E-state index contributed by atoms with van der Waals surface area (Å²) in [6, 6.07) is 8.77. The summed E-state index contributed by atoms with van der Waals surface area (Å²) in [5, 5.41) is 5.42. The van der Waals surface area contributed by atoms with Gasteiger partial charge in [0, 0.05) is 32.2 Å². The van der Waals surface area contributed by atoms with Gasteiger partial charge < -0.3 is 15.1 Å². The molecule has 1 aliphatic rings. The third-order valence-corrected chi connectivity index (χ3v) is 5.58. The maximum absolute atomic E-state index is 5.51. The Hall–Kier alpha value is -1.40. The summed E-state index contributed by atoms with van der Waals surface area (Å²) in [4.78, 5) is 9.38. The lowest BCUT2D eigenvalue weighted by Gasteiger charge is -2.36. The number of nitrogens with zero attached hydrogens (tertiary/aromatic N) is 3. The lowest BCUT2D eigenvalue weighted by molar-refractivity contribution is 0.375. The second kappa shape index (κ2) is 6.79. The minimum atomic E-state index is 0.440. The van der Waals surface area contributed by atoms with Crippen molar-refractivity contribution in [1.82, 2.24) is 15.2 Å². The molecule has 4 nitrogen and oxygen atoms in total. The lowest BCUT2D eigenvalue weighted by atomic mass is 10.3. The van der Waals surface area contributed by atoms with Gasteiger partial charge in [-0.1, -0.05) is 30.4 Å². The highest BCUT2D eigenvalue weighted by atomic mass is 32.1. The van der Waals surface area contributed by atoms with Crippen LogP contribution in [-0.4, -0.2) is 47.2 Å². The molecular weight excluding hydrogens is 312 g/mol. The zero-order chi connectivity index (χ0) is 15.5. The summed E-state index contributed by atoms with van der Waals surface area (Å²) < 4.78 is 1.26. The Kier molecular flexibility index (Phi) is 4.78. The number of thiocarbonyl (C=S) groups is 1. The van der Waals surface area contributed by atoms with Crippen LogP contribution in [0.4, 0.5) is 5.13 Å². The Morgan fingerprint density at radius 3 is 2.73 bits per heavy atom. The second-order valence-corrected chi connectivity index (χ2v) is 7.09. The SMILES string of the molecule is CCC(C)NC(=S)N1CCN(c2nc3ccccc3s2)CC1. The number of piperazine rings is 1. The van der Waals surface area contributed by atoms with Gasteiger partial charge >= 0.3 is 0 Å². The van der Waals surface area contributed by atoms with E-state index >= 15 is 0 Å². The van der Waals surface area contributed by atoms with Crippen molar-refractivity contribution in [3.63, 3.8) is 0 Å². The number of hydrogen-bond acceptors (Lipinski definition) is 4. The number of benzene rings is 1. The fourth-order valence-corrected chi connectivity index (χ4v) is 3.90. The van der Waals surface area contributed by atoms with Crippen LogP contribution < -0.4 is 10.2 Å². The molecule has 118 valence electrons. The molecule has 1 aromatic carbocycles. The average molecular weight is 335 g/mol. The number of fused-ring (bicyclic) bond motifs is 1. The van der Waals surface area contributed by atoms with Crippen molar-refractivity contribution >= 4 is 44.0 Å². The van der Waals surface area contributed by atoms with Crippen molar-refractivity contribution in [2.24, 2.45) is 0 Å². The molecule has 1 atom stereocenters. The number of hydrogen-bond donors (Lipinski definition) is 1. The van der Waals surface area contributed by atoms with Crippen LogP contribution in [0.25, 0.3) is 10.2 Å². The molecule has 2 aromatic rings. The molecule has 1 saturated heterocycles. The Morgan fingerprint density at radius 2 is 2.05 bits per heavy atom. The molecule has 6 heteroatoms. The van der Waals surface area contributed by atoms with Crippen molar-refractivity contribution < 1.29 is 0 Å². The maximum atomic E-state index is 5.51. The number of nitrogens with one attached hydrogen (secondary N) is 1. The molecule has 2 heterocycles. The van der Waals surface area contributed by atoms with Crippen LogP contribution in [0.2, 0.25) is 0 Å². The van der Waals surface area contributed by atoms with E-state index in [0.29, 0.717) is 6.04 Å². The molecule has 1 N–H and O–H groups in total.